The zero-order chi connectivity index (χ0) is 21.8. The van der Waals surface area contributed by atoms with E-state index in [1.54, 1.807) is 41.8 Å². The Balaban J connectivity index is 0.00000193. The van der Waals surface area contributed by atoms with Gasteiger partial charge in [0, 0.05) is 38.8 Å². The molecule has 1 atom stereocenters. The number of aromatic nitrogens is 1. The van der Waals surface area contributed by atoms with Crippen molar-refractivity contribution in [2.45, 2.75) is 17.4 Å². The summed E-state index contributed by atoms with van der Waals surface area (Å²) in [7, 11) is -3.78. The van der Waals surface area contributed by atoms with Crippen molar-refractivity contribution in [3.63, 3.8) is 0 Å². The number of nitrogens with zero attached hydrogens (tertiary/aromatic N) is 2. The Kier molecular flexibility index (Phi) is 5.87. The summed E-state index contributed by atoms with van der Waals surface area (Å²) in [5.41, 5.74) is 1.09. The molecule has 2 aromatic carbocycles. The van der Waals surface area contributed by atoms with Gasteiger partial charge >= 0.3 is 6.09 Å². The van der Waals surface area contributed by atoms with Gasteiger partial charge in [-0.2, -0.15) is 0 Å². The minimum absolute atomic E-state index is 0. The highest BCUT2D eigenvalue weighted by atomic mass is 32.2. The molecule has 0 bridgehead atoms. The number of sulfonamides is 1. The first-order valence-electron chi connectivity index (χ1n) is 9.29. The molecule has 3 aromatic rings. The molecule has 0 aliphatic carbocycles. The van der Waals surface area contributed by atoms with E-state index in [4.69, 9.17) is 4.74 Å². The van der Waals surface area contributed by atoms with Crippen LogP contribution in [0.15, 0.2) is 71.1 Å². The topological polar surface area (TPSA) is 118 Å². The molecule has 4 rings (SSSR count). The van der Waals surface area contributed by atoms with E-state index in [9.17, 15) is 18.0 Å². The first-order chi connectivity index (χ1) is 14.9. The second-order valence-electron chi connectivity index (χ2n) is 6.60. The number of thiazole rings is 1. The van der Waals surface area contributed by atoms with Crippen LogP contribution in [0.4, 0.5) is 21.3 Å². The third-order valence-corrected chi connectivity index (χ3v) is 6.71. The molecule has 1 fully saturated rings. The average Bonchev–Trinajstić information content (AvgIpc) is 3.38. The lowest BCUT2D eigenvalue weighted by molar-refractivity contribution is -0.124. The Bertz CT molecular complexity index is 1180. The predicted octanol–water partition coefficient (Wildman–Crippen LogP) is 3.79. The van der Waals surface area contributed by atoms with Crippen LogP contribution in [0, 0.1) is 0 Å². The summed E-state index contributed by atoms with van der Waals surface area (Å²) in [5.74, 6) is -0.361. The quantitative estimate of drug-likeness (QED) is 0.575. The van der Waals surface area contributed by atoms with Crippen LogP contribution in [0.1, 0.15) is 9.27 Å². The SMILES string of the molecule is O=C(Nc1ccccc1)O[C@H]1CCN(c2ccc(S(=O)(=O)Nc3nccs3)cc2)C1=O.[HH].[HH]. The first kappa shape index (κ1) is 20.8. The number of amides is 2. The second-order valence-corrected chi connectivity index (χ2v) is 9.18. The molecule has 164 valence electrons. The smallest absolute Gasteiger partial charge is 0.412 e. The Morgan fingerprint density at radius 1 is 1.16 bits per heavy atom. The first-order valence-corrected chi connectivity index (χ1v) is 11.6. The number of para-hydroxylation sites is 1. The molecule has 1 aromatic heterocycles. The lowest BCUT2D eigenvalue weighted by Gasteiger charge is -2.17. The Labute approximate surface area is 185 Å². The highest BCUT2D eigenvalue weighted by molar-refractivity contribution is 7.93. The summed E-state index contributed by atoms with van der Waals surface area (Å²) in [6, 6.07) is 14.7. The van der Waals surface area contributed by atoms with Gasteiger partial charge in [-0.3, -0.25) is 14.8 Å². The highest BCUT2D eigenvalue weighted by Crippen LogP contribution is 2.26. The van der Waals surface area contributed by atoms with Gasteiger partial charge in [0.15, 0.2) is 11.2 Å². The molecule has 9 nitrogen and oxygen atoms in total. The lowest BCUT2D eigenvalue weighted by Crippen LogP contribution is -2.33. The maximum absolute atomic E-state index is 12.7. The van der Waals surface area contributed by atoms with Crippen molar-refractivity contribution in [3.8, 4) is 0 Å². The van der Waals surface area contributed by atoms with Crippen LogP contribution in [0.2, 0.25) is 0 Å². The van der Waals surface area contributed by atoms with Crippen molar-refractivity contribution in [1.29, 1.82) is 0 Å². The zero-order valence-electron chi connectivity index (χ0n) is 16.1. The number of ether oxygens (including phenoxy) is 1. The maximum Gasteiger partial charge on any atom is 0.412 e. The van der Waals surface area contributed by atoms with Gasteiger partial charge in [-0.05, 0) is 36.4 Å². The normalized spacial score (nSPS) is 16.2. The fourth-order valence-electron chi connectivity index (χ4n) is 3.07. The van der Waals surface area contributed by atoms with E-state index in [0.29, 0.717) is 24.3 Å². The number of benzene rings is 2. The summed E-state index contributed by atoms with van der Waals surface area (Å²) in [4.78, 5) is 30.1. The highest BCUT2D eigenvalue weighted by Gasteiger charge is 2.35. The summed E-state index contributed by atoms with van der Waals surface area (Å²) < 4.78 is 32.5. The van der Waals surface area contributed by atoms with Gasteiger partial charge in [0.2, 0.25) is 0 Å². The van der Waals surface area contributed by atoms with E-state index in [2.05, 4.69) is 15.0 Å². The van der Waals surface area contributed by atoms with Crippen LogP contribution in [-0.4, -0.2) is 38.1 Å². The van der Waals surface area contributed by atoms with Crippen LogP contribution >= 0.6 is 11.3 Å². The van der Waals surface area contributed by atoms with E-state index >= 15 is 0 Å². The number of rotatable bonds is 6. The van der Waals surface area contributed by atoms with Crippen LogP contribution < -0.4 is 14.9 Å². The van der Waals surface area contributed by atoms with Crippen LogP contribution in [-0.2, 0) is 19.6 Å². The maximum atomic E-state index is 12.7. The van der Waals surface area contributed by atoms with E-state index in [1.165, 1.54) is 34.6 Å². The minimum atomic E-state index is -3.78. The van der Waals surface area contributed by atoms with Crippen LogP contribution in [0.25, 0.3) is 0 Å². The molecule has 1 aliphatic heterocycles. The molecule has 1 aliphatic rings. The second kappa shape index (κ2) is 8.74. The minimum Gasteiger partial charge on any atom is -0.436 e. The lowest BCUT2D eigenvalue weighted by atomic mass is 10.3. The van der Waals surface area contributed by atoms with Gasteiger partial charge in [0.05, 0.1) is 4.90 Å². The predicted molar refractivity (Wildman–Crippen MR) is 121 cm³/mol. The molecule has 2 amide bonds. The van der Waals surface area contributed by atoms with Crippen molar-refractivity contribution in [2.24, 2.45) is 0 Å². The fourth-order valence-corrected chi connectivity index (χ4v) is 4.86. The van der Waals surface area contributed by atoms with E-state index in [0.717, 1.165) is 0 Å². The van der Waals surface area contributed by atoms with Gasteiger partial charge in [-0.25, -0.2) is 18.2 Å². The number of carbonyl (C=O) groups is 2. The molecule has 2 heterocycles. The number of hydrogen-bond donors (Lipinski definition) is 2. The molecule has 0 unspecified atom stereocenters. The molecular weight excluding hydrogens is 440 g/mol. The summed E-state index contributed by atoms with van der Waals surface area (Å²) >= 11 is 1.17. The van der Waals surface area contributed by atoms with Gasteiger partial charge in [-0.15, -0.1) is 11.3 Å². The van der Waals surface area contributed by atoms with Crippen molar-refractivity contribution >= 4 is 49.9 Å². The van der Waals surface area contributed by atoms with Crippen LogP contribution in [0.5, 0.6) is 0 Å². The average molecular weight is 463 g/mol. The monoisotopic (exact) mass is 462 g/mol. The Morgan fingerprint density at radius 3 is 2.58 bits per heavy atom. The summed E-state index contributed by atoms with van der Waals surface area (Å²) in [5, 5.41) is 4.51. The number of hydrogen-bond acceptors (Lipinski definition) is 7. The van der Waals surface area contributed by atoms with E-state index < -0.39 is 22.2 Å². The van der Waals surface area contributed by atoms with Gasteiger partial charge in [-0.1, -0.05) is 18.2 Å². The molecule has 2 N–H and O–H groups in total. The molecule has 31 heavy (non-hydrogen) atoms. The van der Waals surface area contributed by atoms with Crippen molar-refractivity contribution in [2.75, 3.05) is 21.5 Å². The number of carbonyl (C=O) groups excluding carboxylic acids is 2. The van der Waals surface area contributed by atoms with E-state index in [1.807, 2.05) is 6.07 Å². The number of anilines is 3. The van der Waals surface area contributed by atoms with E-state index in [-0.39, 0.29) is 18.8 Å². The molecule has 0 saturated carbocycles. The van der Waals surface area contributed by atoms with Gasteiger partial charge < -0.3 is 9.64 Å². The number of nitrogens with one attached hydrogen (secondary N) is 2. The molecule has 0 spiro atoms. The molecule has 0 radical (unpaired) electrons. The van der Waals surface area contributed by atoms with Gasteiger partial charge in [0.1, 0.15) is 0 Å². The summed E-state index contributed by atoms with van der Waals surface area (Å²) in [6.07, 6.45) is 0.232. The third-order valence-electron chi connectivity index (χ3n) is 4.54. The van der Waals surface area contributed by atoms with Crippen molar-refractivity contribution in [3.05, 3.63) is 66.2 Å². The standard InChI is InChI=1S/C20H18N4O5S2.2H2/c25-18-17(29-20(26)22-14-4-2-1-3-5-14)10-12-24(18)15-6-8-16(9-7-15)31(27,28)23-19-21-11-13-30-19;;/h1-9,11,13,17H,10,12H2,(H,21,23)(H,22,26);2*1H/t17-;;/m0../s1. The Morgan fingerprint density at radius 2 is 1.90 bits per heavy atom. The fraction of sp³-hybridized carbons (Fsp3) is 0.150. The molecule has 1 saturated heterocycles. The third kappa shape index (κ3) is 4.84. The summed E-state index contributed by atoms with van der Waals surface area (Å²) in [6.45, 7) is 0.353. The molecular formula is C20H22N4O5S2. The Hall–Kier alpha value is -3.44. The van der Waals surface area contributed by atoms with Crippen LogP contribution in [0.3, 0.4) is 0 Å². The zero-order valence-corrected chi connectivity index (χ0v) is 17.7. The van der Waals surface area contributed by atoms with Crippen molar-refractivity contribution in [1.82, 2.24) is 4.98 Å². The largest absolute Gasteiger partial charge is 0.436 e. The molecule has 11 heteroatoms. The van der Waals surface area contributed by atoms with Gasteiger partial charge in [0.25, 0.3) is 15.9 Å². The van der Waals surface area contributed by atoms with Crippen molar-refractivity contribution < 1.29 is 25.6 Å².